The highest BCUT2D eigenvalue weighted by Gasteiger charge is 2.29. The zero-order valence-electron chi connectivity index (χ0n) is 9.10. The van der Waals surface area contributed by atoms with E-state index in [-0.39, 0.29) is 19.0 Å². The van der Waals surface area contributed by atoms with Gasteiger partial charge in [0.15, 0.2) is 21.6 Å². The van der Waals surface area contributed by atoms with E-state index in [0.717, 1.165) is 4.70 Å². The van der Waals surface area contributed by atoms with Crippen molar-refractivity contribution in [1.82, 2.24) is 4.98 Å². The minimum atomic E-state index is -0.715. The average Bonchev–Trinajstić information content (AvgIpc) is 2.85. The Balaban J connectivity index is 1.93. The molecule has 0 saturated carbocycles. The predicted octanol–water partition coefficient (Wildman–Crippen LogP) is 2.34. The molecule has 0 radical (unpaired) electrons. The first-order valence-corrected chi connectivity index (χ1v) is 6.92. The van der Waals surface area contributed by atoms with Crippen LogP contribution < -0.4 is 4.74 Å². The lowest BCUT2D eigenvalue weighted by Crippen LogP contribution is -2.30. The molecule has 96 valence electrons. The van der Waals surface area contributed by atoms with E-state index in [2.05, 4.69) is 20.9 Å². The van der Waals surface area contributed by atoms with Crippen molar-refractivity contribution in [3.05, 3.63) is 21.9 Å². The molecule has 0 spiro atoms. The number of benzene rings is 1. The summed E-state index contributed by atoms with van der Waals surface area (Å²) in [7, 11) is 0. The molecule has 2 atom stereocenters. The van der Waals surface area contributed by atoms with Gasteiger partial charge < -0.3 is 14.6 Å². The van der Waals surface area contributed by atoms with Crippen molar-refractivity contribution in [2.75, 3.05) is 13.2 Å². The van der Waals surface area contributed by atoms with Crippen LogP contribution in [0.2, 0.25) is 0 Å². The third-order valence-corrected chi connectivity index (χ3v) is 4.16. The molecule has 1 fully saturated rings. The van der Waals surface area contributed by atoms with E-state index in [1.165, 1.54) is 17.4 Å². The second-order valence-electron chi connectivity index (χ2n) is 3.98. The first kappa shape index (κ1) is 12.3. The van der Waals surface area contributed by atoms with Gasteiger partial charge in [0.05, 0.1) is 23.4 Å². The largest absolute Gasteiger partial charge is 0.482 e. The zero-order chi connectivity index (χ0) is 12.7. The Labute approximate surface area is 114 Å². The lowest BCUT2D eigenvalue weighted by molar-refractivity contribution is 0.0709. The molecule has 1 N–H and O–H groups in total. The summed E-state index contributed by atoms with van der Waals surface area (Å²) < 4.78 is 25.8. The highest BCUT2D eigenvalue weighted by Crippen LogP contribution is 2.32. The fraction of sp³-hybridized carbons (Fsp3) is 0.364. The molecule has 0 bridgehead atoms. The minimum Gasteiger partial charge on any atom is -0.482 e. The second kappa shape index (κ2) is 4.73. The quantitative estimate of drug-likeness (QED) is 0.916. The minimum absolute atomic E-state index is 0.119. The number of rotatable bonds is 2. The first-order chi connectivity index (χ1) is 8.63. The number of aliphatic hydroxyl groups is 1. The summed E-state index contributed by atoms with van der Waals surface area (Å²) in [5.74, 6) is -0.368. The molecule has 7 heteroatoms. The summed E-state index contributed by atoms with van der Waals surface area (Å²) in [6.07, 6.45) is -1.23. The van der Waals surface area contributed by atoms with Gasteiger partial charge in [-0.05, 0) is 15.9 Å². The topological polar surface area (TPSA) is 51.6 Å². The van der Waals surface area contributed by atoms with E-state index in [9.17, 15) is 9.50 Å². The first-order valence-electron chi connectivity index (χ1n) is 5.31. The summed E-state index contributed by atoms with van der Waals surface area (Å²) in [6.45, 7) is 0.492. The van der Waals surface area contributed by atoms with Crippen molar-refractivity contribution in [3.8, 4) is 5.75 Å². The van der Waals surface area contributed by atoms with Crippen molar-refractivity contribution in [2.45, 2.75) is 12.2 Å². The van der Waals surface area contributed by atoms with Crippen molar-refractivity contribution in [2.24, 2.45) is 0 Å². The molecule has 2 heterocycles. The third kappa shape index (κ3) is 2.23. The molecule has 4 nitrogen and oxygen atoms in total. The molecule has 1 aliphatic heterocycles. The second-order valence-corrected chi connectivity index (χ2v) is 6.28. The fourth-order valence-electron chi connectivity index (χ4n) is 1.79. The van der Waals surface area contributed by atoms with Gasteiger partial charge in [-0.3, -0.25) is 0 Å². The number of nitrogens with zero attached hydrogens (tertiary/aromatic N) is 1. The molecule has 3 rings (SSSR count). The van der Waals surface area contributed by atoms with Crippen LogP contribution in [0.3, 0.4) is 0 Å². The number of halogens is 2. The van der Waals surface area contributed by atoms with Gasteiger partial charge in [-0.1, -0.05) is 0 Å². The molecule has 18 heavy (non-hydrogen) atoms. The Kier molecular flexibility index (Phi) is 3.23. The zero-order valence-corrected chi connectivity index (χ0v) is 11.5. The van der Waals surface area contributed by atoms with Gasteiger partial charge in [0.25, 0.3) is 0 Å². The molecule has 0 amide bonds. The van der Waals surface area contributed by atoms with Gasteiger partial charge in [-0.2, -0.15) is 0 Å². The highest BCUT2D eigenvalue weighted by atomic mass is 79.9. The van der Waals surface area contributed by atoms with Crippen LogP contribution in [0, 0.1) is 5.82 Å². The van der Waals surface area contributed by atoms with Crippen molar-refractivity contribution < 1.29 is 19.0 Å². The molecule has 1 aromatic heterocycles. The maximum atomic E-state index is 13.8. The average molecular weight is 334 g/mol. The van der Waals surface area contributed by atoms with Gasteiger partial charge >= 0.3 is 0 Å². The Hall–Kier alpha value is -0.760. The number of hydrogen-bond acceptors (Lipinski definition) is 5. The smallest absolute Gasteiger partial charge is 0.167 e. The molecule has 0 aliphatic carbocycles. The fourth-order valence-corrected chi connectivity index (χ4v) is 3.21. The summed E-state index contributed by atoms with van der Waals surface area (Å²) in [5, 5.41) is 9.57. The predicted molar refractivity (Wildman–Crippen MR) is 68.5 cm³/mol. The van der Waals surface area contributed by atoms with Crippen LogP contribution in [0.1, 0.15) is 0 Å². The van der Waals surface area contributed by atoms with Crippen molar-refractivity contribution >= 4 is 37.5 Å². The van der Waals surface area contributed by atoms with Gasteiger partial charge in [-0.15, -0.1) is 11.3 Å². The summed E-state index contributed by atoms with van der Waals surface area (Å²) >= 11 is 4.65. The molecular formula is C11H9BrFNO3S. The summed E-state index contributed by atoms with van der Waals surface area (Å²) in [6, 6.07) is 2.92. The summed E-state index contributed by atoms with van der Waals surface area (Å²) in [4.78, 5) is 4.13. The van der Waals surface area contributed by atoms with Gasteiger partial charge in [0.1, 0.15) is 6.10 Å². The van der Waals surface area contributed by atoms with E-state index in [4.69, 9.17) is 9.47 Å². The number of thiazole rings is 1. The van der Waals surface area contributed by atoms with Crippen LogP contribution >= 0.6 is 27.3 Å². The highest BCUT2D eigenvalue weighted by molar-refractivity contribution is 9.11. The number of fused-ring (bicyclic) bond motifs is 1. The van der Waals surface area contributed by atoms with Gasteiger partial charge in [0.2, 0.25) is 0 Å². The van der Waals surface area contributed by atoms with Crippen LogP contribution in [0.5, 0.6) is 5.75 Å². The monoisotopic (exact) mass is 333 g/mol. The van der Waals surface area contributed by atoms with E-state index in [1.54, 1.807) is 6.07 Å². The SMILES string of the molecule is O[C@@H]1COC[C@H]1Oc1cc2sc(Br)nc2cc1F. The van der Waals surface area contributed by atoms with Crippen molar-refractivity contribution in [3.63, 3.8) is 0 Å². The normalized spacial score (nSPS) is 23.7. The van der Waals surface area contributed by atoms with E-state index in [1.807, 2.05) is 0 Å². The molecule has 1 aromatic carbocycles. The third-order valence-electron chi connectivity index (χ3n) is 2.69. The lowest BCUT2D eigenvalue weighted by atomic mass is 10.2. The molecule has 1 aliphatic rings. The summed E-state index contributed by atoms with van der Waals surface area (Å²) in [5.41, 5.74) is 0.583. The number of hydrogen-bond donors (Lipinski definition) is 1. The Morgan fingerprint density at radius 2 is 2.33 bits per heavy atom. The van der Waals surface area contributed by atoms with Crippen molar-refractivity contribution in [1.29, 1.82) is 0 Å². The number of aromatic nitrogens is 1. The molecular weight excluding hydrogens is 325 g/mol. The van der Waals surface area contributed by atoms with E-state index in [0.29, 0.717) is 9.43 Å². The van der Waals surface area contributed by atoms with Crippen LogP contribution in [0.15, 0.2) is 16.0 Å². The number of ether oxygens (including phenoxy) is 2. The Bertz CT molecular complexity index is 591. The molecule has 1 saturated heterocycles. The van der Waals surface area contributed by atoms with E-state index < -0.39 is 18.0 Å². The molecule has 2 aromatic rings. The van der Waals surface area contributed by atoms with Gasteiger partial charge in [-0.25, -0.2) is 9.37 Å². The maximum absolute atomic E-state index is 13.8. The molecule has 0 unspecified atom stereocenters. The standard InChI is InChI=1S/C11H9BrFNO3S/c12-11-14-6-1-5(13)8(2-10(6)18-11)17-9-4-16-3-7(9)15/h1-2,7,9,15H,3-4H2/t7-,9-/m1/s1. The number of aliphatic hydroxyl groups excluding tert-OH is 1. The maximum Gasteiger partial charge on any atom is 0.167 e. The van der Waals surface area contributed by atoms with Crippen LogP contribution in [0.25, 0.3) is 10.2 Å². The van der Waals surface area contributed by atoms with Crippen LogP contribution in [-0.2, 0) is 4.74 Å². The van der Waals surface area contributed by atoms with Crippen LogP contribution in [0.4, 0.5) is 4.39 Å². The Morgan fingerprint density at radius 3 is 3.06 bits per heavy atom. The Morgan fingerprint density at radius 1 is 1.50 bits per heavy atom. The van der Waals surface area contributed by atoms with Crippen LogP contribution in [-0.4, -0.2) is 35.5 Å². The van der Waals surface area contributed by atoms with E-state index >= 15 is 0 Å². The lowest BCUT2D eigenvalue weighted by Gasteiger charge is -2.15. The van der Waals surface area contributed by atoms with Gasteiger partial charge in [0, 0.05) is 12.1 Å².